The summed E-state index contributed by atoms with van der Waals surface area (Å²) >= 11 is 0. The number of fused-ring (bicyclic) bond motifs is 1. The van der Waals surface area contributed by atoms with Gasteiger partial charge in [0.05, 0.1) is 18.3 Å². The summed E-state index contributed by atoms with van der Waals surface area (Å²) in [5.74, 6) is 1.01. The van der Waals surface area contributed by atoms with Crippen LogP contribution in [-0.4, -0.2) is 26.9 Å². The van der Waals surface area contributed by atoms with Gasteiger partial charge in [0.1, 0.15) is 5.82 Å². The van der Waals surface area contributed by atoms with Crippen LogP contribution in [0, 0.1) is 0 Å². The van der Waals surface area contributed by atoms with Crippen molar-refractivity contribution in [1.82, 2.24) is 19.9 Å². The zero-order chi connectivity index (χ0) is 12.4. The predicted molar refractivity (Wildman–Crippen MR) is 70.0 cm³/mol. The molecular weight excluding hydrogens is 224 g/mol. The minimum atomic E-state index is 0.417. The van der Waals surface area contributed by atoms with E-state index < -0.39 is 0 Å². The van der Waals surface area contributed by atoms with Gasteiger partial charge in [-0.25, -0.2) is 4.98 Å². The summed E-state index contributed by atoms with van der Waals surface area (Å²) < 4.78 is 0. The maximum Gasteiger partial charge on any atom is 0.120 e. The number of aryl methyl sites for hydroxylation is 1. The molecule has 0 aliphatic heterocycles. The number of rotatable bonds is 3. The van der Waals surface area contributed by atoms with Gasteiger partial charge in [-0.15, -0.1) is 0 Å². The number of pyridine rings is 1. The van der Waals surface area contributed by atoms with Crippen LogP contribution in [0.5, 0.6) is 0 Å². The molecule has 94 valence electrons. The van der Waals surface area contributed by atoms with Gasteiger partial charge in [0, 0.05) is 18.6 Å². The normalized spacial score (nSPS) is 18.9. The number of nitrogens with zero attached hydrogens (tertiary/aromatic N) is 3. The lowest BCUT2D eigenvalue weighted by molar-refractivity contribution is 0.204. The number of H-pyrrole nitrogens is 1. The highest BCUT2D eigenvalue weighted by molar-refractivity contribution is 5.25. The topological polar surface area (TPSA) is 44.8 Å². The van der Waals surface area contributed by atoms with Gasteiger partial charge in [-0.05, 0) is 37.9 Å². The van der Waals surface area contributed by atoms with Crippen LogP contribution in [0.3, 0.4) is 0 Å². The van der Waals surface area contributed by atoms with Crippen LogP contribution in [0.25, 0.3) is 0 Å². The highest BCUT2D eigenvalue weighted by Gasteiger charge is 2.25. The van der Waals surface area contributed by atoms with Crippen molar-refractivity contribution in [3.63, 3.8) is 0 Å². The Labute approximate surface area is 107 Å². The van der Waals surface area contributed by atoms with E-state index in [1.807, 2.05) is 18.5 Å². The van der Waals surface area contributed by atoms with Gasteiger partial charge in [-0.2, -0.15) is 0 Å². The van der Waals surface area contributed by atoms with E-state index in [0.717, 1.165) is 18.8 Å². The molecule has 1 aliphatic rings. The van der Waals surface area contributed by atoms with Gasteiger partial charge >= 0.3 is 0 Å². The number of imidazole rings is 1. The van der Waals surface area contributed by atoms with Gasteiger partial charge in [-0.3, -0.25) is 9.88 Å². The number of nitrogens with one attached hydrogen (secondary N) is 1. The Balaban J connectivity index is 1.80. The molecule has 0 bridgehead atoms. The fourth-order valence-corrected chi connectivity index (χ4v) is 2.74. The van der Waals surface area contributed by atoms with Crippen LogP contribution in [0.2, 0.25) is 0 Å². The predicted octanol–water partition coefficient (Wildman–Crippen LogP) is 2.31. The molecule has 0 aromatic carbocycles. The van der Waals surface area contributed by atoms with Gasteiger partial charge < -0.3 is 4.98 Å². The fraction of sp³-hybridized carbons (Fsp3) is 0.429. The van der Waals surface area contributed by atoms with E-state index in [0.29, 0.717) is 6.04 Å². The first kappa shape index (κ1) is 11.4. The molecule has 0 amide bonds. The first-order chi connectivity index (χ1) is 8.84. The minimum absolute atomic E-state index is 0.417. The largest absolute Gasteiger partial charge is 0.348 e. The summed E-state index contributed by atoms with van der Waals surface area (Å²) in [6, 6.07) is 4.66. The van der Waals surface area contributed by atoms with Crippen LogP contribution in [0.4, 0.5) is 0 Å². The molecule has 3 rings (SSSR count). The molecule has 2 aromatic rings. The highest BCUT2D eigenvalue weighted by atomic mass is 15.2. The minimum Gasteiger partial charge on any atom is -0.348 e. The lowest BCUT2D eigenvalue weighted by Crippen LogP contribution is -2.28. The Kier molecular flexibility index (Phi) is 3.11. The molecule has 0 saturated heterocycles. The molecule has 1 aliphatic carbocycles. The summed E-state index contributed by atoms with van der Waals surface area (Å²) in [4.78, 5) is 14.4. The molecule has 4 nitrogen and oxygen atoms in total. The van der Waals surface area contributed by atoms with Crippen LogP contribution in [0.15, 0.2) is 30.7 Å². The summed E-state index contributed by atoms with van der Waals surface area (Å²) in [6.07, 6.45) is 9.16. The quantitative estimate of drug-likeness (QED) is 0.898. The Bertz CT molecular complexity index is 506. The molecule has 1 atom stereocenters. The third kappa shape index (κ3) is 2.16. The second kappa shape index (κ2) is 4.90. The molecule has 0 saturated carbocycles. The van der Waals surface area contributed by atoms with E-state index in [2.05, 4.69) is 33.0 Å². The van der Waals surface area contributed by atoms with Crippen LogP contribution in [0.1, 0.15) is 36.0 Å². The van der Waals surface area contributed by atoms with Crippen molar-refractivity contribution in [1.29, 1.82) is 0 Å². The first-order valence-corrected chi connectivity index (χ1v) is 6.47. The zero-order valence-corrected chi connectivity index (χ0v) is 10.6. The molecule has 18 heavy (non-hydrogen) atoms. The number of aromatic nitrogens is 3. The molecule has 2 aromatic heterocycles. The summed E-state index contributed by atoms with van der Waals surface area (Å²) in [5.41, 5.74) is 2.65. The van der Waals surface area contributed by atoms with Crippen LogP contribution < -0.4 is 0 Å². The van der Waals surface area contributed by atoms with Crippen molar-refractivity contribution in [2.24, 2.45) is 0 Å². The summed E-state index contributed by atoms with van der Waals surface area (Å²) in [7, 11) is 2.15. The third-order valence-corrected chi connectivity index (χ3v) is 3.65. The van der Waals surface area contributed by atoms with E-state index in [1.54, 1.807) is 6.20 Å². The van der Waals surface area contributed by atoms with E-state index in [4.69, 9.17) is 0 Å². The Morgan fingerprint density at radius 3 is 3.17 bits per heavy atom. The highest BCUT2D eigenvalue weighted by Crippen LogP contribution is 2.32. The molecule has 0 radical (unpaired) electrons. The van der Waals surface area contributed by atoms with Crippen molar-refractivity contribution in [2.75, 3.05) is 7.05 Å². The SMILES string of the molecule is CN(Cc1ncc[nH]1)C1CCCc2cccnc21. The van der Waals surface area contributed by atoms with Crippen molar-refractivity contribution in [2.45, 2.75) is 31.8 Å². The standard InChI is InChI=1S/C14H18N4/c1-18(10-13-15-8-9-16-13)12-6-2-4-11-5-3-7-17-14(11)12/h3,5,7-9,12H,2,4,6,10H2,1H3,(H,15,16). The van der Waals surface area contributed by atoms with Gasteiger partial charge in [0.2, 0.25) is 0 Å². The Morgan fingerprint density at radius 2 is 2.33 bits per heavy atom. The van der Waals surface area contributed by atoms with Gasteiger partial charge in [-0.1, -0.05) is 6.07 Å². The van der Waals surface area contributed by atoms with E-state index >= 15 is 0 Å². The molecule has 0 fully saturated rings. The molecule has 1 N–H and O–H groups in total. The van der Waals surface area contributed by atoms with Crippen LogP contribution in [-0.2, 0) is 13.0 Å². The molecule has 0 spiro atoms. The van der Waals surface area contributed by atoms with Crippen LogP contribution >= 0.6 is 0 Å². The first-order valence-electron chi connectivity index (χ1n) is 6.47. The van der Waals surface area contributed by atoms with Crippen molar-refractivity contribution in [3.05, 3.63) is 47.8 Å². The van der Waals surface area contributed by atoms with Crippen molar-refractivity contribution >= 4 is 0 Å². The summed E-state index contributed by atoms with van der Waals surface area (Å²) in [5, 5.41) is 0. The lowest BCUT2D eigenvalue weighted by Gasteiger charge is -2.31. The second-order valence-electron chi connectivity index (χ2n) is 4.91. The third-order valence-electron chi connectivity index (χ3n) is 3.65. The maximum absolute atomic E-state index is 4.58. The van der Waals surface area contributed by atoms with E-state index in [-0.39, 0.29) is 0 Å². The number of hydrogen-bond donors (Lipinski definition) is 1. The van der Waals surface area contributed by atoms with Gasteiger partial charge in [0.25, 0.3) is 0 Å². The Morgan fingerprint density at radius 1 is 1.39 bits per heavy atom. The second-order valence-corrected chi connectivity index (χ2v) is 4.91. The molecule has 4 heteroatoms. The monoisotopic (exact) mass is 242 g/mol. The molecule has 2 heterocycles. The molecular formula is C14H18N4. The average molecular weight is 242 g/mol. The fourth-order valence-electron chi connectivity index (χ4n) is 2.74. The maximum atomic E-state index is 4.58. The van der Waals surface area contributed by atoms with Crippen molar-refractivity contribution in [3.8, 4) is 0 Å². The average Bonchev–Trinajstić information content (AvgIpc) is 2.91. The van der Waals surface area contributed by atoms with Gasteiger partial charge in [0.15, 0.2) is 0 Å². The zero-order valence-electron chi connectivity index (χ0n) is 10.6. The lowest BCUT2D eigenvalue weighted by atomic mass is 9.91. The van der Waals surface area contributed by atoms with E-state index in [9.17, 15) is 0 Å². The summed E-state index contributed by atoms with van der Waals surface area (Å²) in [6.45, 7) is 0.841. The van der Waals surface area contributed by atoms with E-state index in [1.165, 1.54) is 24.1 Å². The number of aromatic amines is 1. The number of hydrogen-bond acceptors (Lipinski definition) is 3. The van der Waals surface area contributed by atoms with Crippen molar-refractivity contribution < 1.29 is 0 Å². The molecule has 1 unspecified atom stereocenters. The smallest absolute Gasteiger partial charge is 0.120 e. The Hall–Kier alpha value is -1.68.